The summed E-state index contributed by atoms with van der Waals surface area (Å²) in [7, 11) is 0. The van der Waals surface area contributed by atoms with Crippen LogP contribution >= 0.6 is 0 Å². The maximum absolute atomic E-state index is 12.9. The van der Waals surface area contributed by atoms with Crippen molar-refractivity contribution in [2.24, 2.45) is 0 Å². The Morgan fingerprint density at radius 3 is 2.61 bits per heavy atom. The predicted molar refractivity (Wildman–Crippen MR) is 138 cm³/mol. The summed E-state index contributed by atoms with van der Waals surface area (Å²) >= 11 is 0. The maximum atomic E-state index is 12.9. The SMILES string of the molecule is CC(C)=CC(=O)N1CCC[C@H]1c1nc(-c2ccc(NC(=O)c3ccccn3)cc2)c2c(N)nccn12. The molecule has 1 atom stereocenters. The molecule has 1 saturated heterocycles. The van der Waals surface area contributed by atoms with Crippen LogP contribution in [-0.4, -0.2) is 42.6 Å². The van der Waals surface area contributed by atoms with Crippen molar-refractivity contribution in [2.75, 3.05) is 17.6 Å². The van der Waals surface area contributed by atoms with Crippen molar-refractivity contribution in [3.05, 3.63) is 84.2 Å². The molecule has 1 fully saturated rings. The average molecular weight is 482 g/mol. The van der Waals surface area contributed by atoms with Crippen molar-refractivity contribution >= 4 is 28.8 Å². The molecule has 0 aliphatic carbocycles. The lowest BCUT2D eigenvalue weighted by atomic mass is 10.1. The Labute approximate surface area is 208 Å². The van der Waals surface area contributed by atoms with E-state index >= 15 is 0 Å². The fraction of sp³-hybridized carbons (Fsp3) is 0.222. The number of aromatic nitrogens is 4. The van der Waals surface area contributed by atoms with E-state index in [-0.39, 0.29) is 17.9 Å². The second kappa shape index (κ2) is 9.61. The Bertz CT molecular complexity index is 1460. The molecule has 1 aliphatic rings. The number of hydrogen-bond donors (Lipinski definition) is 2. The van der Waals surface area contributed by atoms with E-state index in [0.717, 1.165) is 29.8 Å². The highest BCUT2D eigenvalue weighted by atomic mass is 16.2. The number of pyridine rings is 1. The van der Waals surface area contributed by atoms with Crippen molar-refractivity contribution in [3.63, 3.8) is 0 Å². The number of anilines is 2. The van der Waals surface area contributed by atoms with E-state index in [4.69, 9.17) is 10.7 Å². The first kappa shape index (κ1) is 23.2. The molecule has 0 unspecified atom stereocenters. The van der Waals surface area contributed by atoms with E-state index in [2.05, 4.69) is 15.3 Å². The topological polar surface area (TPSA) is 119 Å². The number of likely N-dealkylation sites (tertiary alicyclic amines) is 1. The van der Waals surface area contributed by atoms with Gasteiger partial charge in [-0.2, -0.15) is 0 Å². The van der Waals surface area contributed by atoms with Gasteiger partial charge in [0.05, 0.1) is 6.04 Å². The molecular weight excluding hydrogens is 454 g/mol. The molecule has 36 heavy (non-hydrogen) atoms. The number of allylic oxidation sites excluding steroid dienone is 1. The number of rotatable bonds is 5. The van der Waals surface area contributed by atoms with Gasteiger partial charge in [-0.05, 0) is 51.0 Å². The van der Waals surface area contributed by atoms with Crippen LogP contribution in [0.25, 0.3) is 16.8 Å². The molecule has 0 saturated carbocycles. The first-order valence-corrected chi connectivity index (χ1v) is 11.8. The molecular formula is C27H27N7O2. The molecule has 182 valence electrons. The van der Waals surface area contributed by atoms with Gasteiger partial charge < -0.3 is 16.0 Å². The summed E-state index contributed by atoms with van der Waals surface area (Å²) in [4.78, 5) is 40.5. The van der Waals surface area contributed by atoms with Gasteiger partial charge in [0.1, 0.15) is 28.5 Å². The predicted octanol–water partition coefficient (Wildman–Crippen LogP) is 4.26. The van der Waals surface area contributed by atoms with Crippen LogP contribution < -0.4 is 11.1 Å². The minimum absolute atomic E-state index is 0.00849. The highest BCUT2D eigenvalue weighted by molar-refractivity contribution is 6.03. The molecule has 9 nitrogen and oxygen atoms in total. The summed E-state index contributed by atoms with van der Waals surface area (Å²) in [5.41, 5.74) is 10.4. The standard InChI is InChI=1S/C27H27N7O2/c1-17(2)16-22(35)33-14-5-7-21(33)26-32-23(24-25(28)30-13-15-34(24)26)18-8-10-19(11-9-18)31-27(36)20-6-3-4-12-29-20/h3-4,6,8-13,15-16,21H,5,7,14H2,1-2H3,(H2,28,30)(H,31,36)/t21-/m0/s1. The van der Waals surface area contributed by atoms with E-state index in [1.54, 1.807) is 36.7 Å². The average Bonchev–Trinajstić information content (AvgIpc) is 3.50. The lowest BCUT2D eigenvalue weighted by Gasteiger charge is -2.22. The number of nitrogen functional groups attached to an aromatic ring is 1. The number of amides is 2. The number of fused-ring (bicyclic) bond motifs is 1. The second-order valence-corrected chi connectivity index (χ2v) is 9.01. The van der Waals surface area contributed by atoms with E-state index in [1.807, 2.05) is 53.6 Å². The van der Waals surface area contributed by atoms with Crippen molar-refractivity contribution < 1.29 is 9.59 Å². The highest BCUT2D eigenvalue weighted by Crippen LogP contribution is 2.36. The molecule has 1 aromatic carbocycles. The fourth-order valence-corrected chi connectivity index (χ4v) is 4.56. The van der Waals surface area contributed by atoms with Crippen molar-refractivity contribution in [1.29, 1.82) is 0 Å². The van der Waals surface area contributed by atoms with Crippen LogP contribution in [0.4, 0.5) is 11.5 Å². The zero-order chi connectivity index (χ0) is 25.2. The van der Waals surface area contributed by atoms with Gasteiger partial charge in [-0.15, -0.1) is 0 Å². The molecule has 1 aliphatic heterocycles. The third-order valence-corrected chi connectivity index (χ3v) is 6.17. The molecule has 3 aromatic heterocycles. The molecule has 0 spiro atoms. The summed E-state index contributed by atoms with van der Waals surface area (Å²) in [6.07, 6.45) is 8.45. The summed E-state index contributed by atoms with van der Waals surface area (Å²) in [5.74, 6) is 0.827. The second-order valence-electron chi connectivity index (χ2n) is 9.01. The van der Waals surface area contributed by atoms with Gasteiger partial charge in [0, 0.05) is 42.5 Å². The molecule has 0 radical (unpaired) electrons. The van der Waals surface area contributed by atoms with Crippen LogP contribution in [0.2, 0.25) is 0 Å². The quantitative estimate of drug-likeness (QED) is 0.411. The van der Waals surface area contributed by atoms with Crippen LogP contribution in [0, 0.1) is 0 Å². The summed E-state index contributed by atoms with van der Waals surface area (Å²) in [6, 6.07) is 12.4. The van der Waals surface area contributed by atoms with Crippen molar-refractivity contribution in [1.82, 2.24) is 24.3 Å². The molecule has 2 amide bonds. The van der Waals surface area contributed by atoms with Crippen LogP contribution in [0.1, 0.15) is 49.0 Å². The minimum Gasteiger partial charge on any atom is -0.382 e. The Balaban J connectivity index is 1.49. The van der Waals surface area contributed by atoms with Gasteiger partial charge in [0.15, 0.2) is 0 Å². The number of benzene rings is 1. The lowest BCUT2D eigenvalue weighted by Crippen LogP contribution is -2.30. The zero-order valence-corrected chi connectivity index (χ0v) is 20.2. The van der Waals surface area contributed by atoms with Gasteiger partial charge in [-0.3, -0.25) is 19.0 Å². The molecule has 4 heterocycles. The maximum Gasteiger partial charge on any atom is 0.274 e. The van der Waals surface area contributed by atoms with Crippen molar-refractivity contribution in [2.45, 2.75) is 32.7 Å². The van der Waals surface area contributed by atoms with E-state index in [1.165, 1.54) is 0 Å². The van der Waals surface area contributed by atoms with Crippen LogP contribution in [0.3, 0.4) is 0 Å². The molecule has 9 heteroatoms. The Morgan fingerprint density at radius 2 is 1.89 bits per heavy atom. The number of imidazole rings is 1. The summed E-state index contributed by atoms with van der Waals surface area (Å²) in [6.45, 7) is 4.52. The van der Waals surface area contributed by atoms with Crippen LogP contribution in [0.15, 0.2) is 72.7 Å². The van der Waals surface area contributed by atoms with Gasteiger partial charge in [-0.1, -0.05) is 23.8 Å². The number of nitrogens with two attached hydrogens (primary N) is 1. The first-order valence-electron chi connectivity index (χ1n) is 11.8. The smallest absolute Gasteiger partial charge is 0.274 e. The van der Waals surface area contributed by atoms with E-state index in [0.29, 0.717) is 35.0 Å². The van der Waals surface area contributed by atoms with Crippen molar-refractivity contribution in [3.8, 4) is 11.3 Å². The summed E-state index contributed by atoms with van der Waals surface area (Å²) < 4.78 is 1.94. The zero-order valence-electron chi connectivity index (χ0n) is 20.2. The van der Waals surface area contributed by atoms with Crippen LogP contribution in [0.5, 0.6) is 0 Å². The third kappa shape index (κ3) is 4.43. The number of hydrogen-bond acceptors (Lipinski definition) is 6. The van der Waals surface area contributed by atoms with Gasteiger partial charge >= 0.3 is 0 Å². The van der Waals surface area contributed by atoms with Gasteiger partial charge in [0.25, 0.3) is 5.91 Å². The fourth-order valence-electron chi connectivity index (χ4n) is 4.56. The lowest BCUT2D eigenvalue weighted by molar-refractivity contribution is -0.127. The third-order valence-electron chi connectivity index (χ3n) is 6.17. The molecule has 3 N–H and O–H groups in total. The van der Waals surface area contributed by atoms with E-state index < -0.39 is 0 Å². The van der Waals surface area contributed by atoms with E-state index in [9.17, 15) is 9.59 Å². The highest BCUT2D eigenvalue weighted by Gasteiger charge is 2.33. The Morgan fingerprint density at radius 1 is 1.08 bits per heavy atom. The minimum atomic E-state index is -0.283. The Kier molecular flexibility index (Phi) is 6.20. The molecule has 5 rings (SSSR count). The number of nitrogens with zero attached hydrogens (tertiary/aromatic N) is 5. The van der Waals surface area contributed by atoms with Gasteiger partial charge in [-0.25, -0.2) is 9.97 Å². The van der Waals surface area contributed by atoms with Crippen LogP contribution in [-0.2, 0) is 4.79 Å². The first-order chi connectivity index (χ1) is 17.4. The number of nitrogens with one attached hydrogen (secondary N) is 1. The largest absolute Gasteiger partial charge is 0.382 e. The molecule has 0 bridgehead atoms. The molecule has 4 aromatic rings. The van der Waals surface area contributed by atoms with Gasteiger partial charge in [0.2, 0.25) is 5.91 Å². The normalized spacial score (nSPS) is 15.2. The number of carbonyl (C=O) groups excluding carboxylic acids is 2. The Hall–Kier alpha value is -4.53. The monoisotopic (exact) mass is 481 g/mol. The summed E-state index contributed by atoms with van der Waals surface area (Å²) in [5, 5.41) is 2.86. The number of carbonyl (C=O) groups is 2.